The van der Waals surface area contributed by atoms with Crippen molar-refractivity contribution in [2.24, 2.45) is 23.2 Å². The highest BCUT2D eigenvalue weighted by atomic mass is 16.4. The Balaban J connectivity index is 2.77. The summed E-state index contributed by atoms with van der Waals surface area (Å²) < 4.78 is 0. The molecule has 1 rings (SSSR count). The van der Waals surface area contributed by atoms with Gasteiger partial charge in [0.2, 0.25) is 5.91 Å². The van der Waals surface area contributed by atoms with Crippen molar-refractivity contribution in [2.75, 3.05) is 7.05 Å². The molecule has 1 aliphatic carbocycles. The summed E-state index contributed by atoms with van der Waals surface area (Å²) in [6.07, 6.45) is 0. The van der Waals surface area contributed by atoms with Gasteiger partial charge in [0.25, 0.3) is 0 Å². The summed E-state index contributed by atoms with van der Waals surface area (Å²) in [5.74, 6) is -1.43. The predicted octanol–water partition coefficient (Wildman–Crippen LogP) is 1.85. The molecule has 0 radical (unpaired) electrons. The molecule has 0 aromatic heterocycles. The van der Waals surface area contributed by atoms with Crippen molar-refractivity contribution in [1.82, 2.24) is 4.90 Å². The van der Waals surface area contributed by atoms with E-state index in [4.69, 9.17) is 5.11 Å². The van der Waals surface area contributed by atoms with Crippen LogP contribution in [0.3, 0.4) is 0 Å². The van der Waals surface area contributed by atoms with Crippen LogP contribution in [0.1, 0.15) is 34.6 Å². The molecule has 1 N–H and O–H groups in total. The maximum absolute atomic E-state index is 12.2. The molecule has 0 aliphatic heterocycles. The van der Waals surface area contributed by atoms with Crippen LogP contribution in [0.2, 0.25) is 0 Å². The second-order valence-corrected chi connectivity index (χ2v) is 6.05. The molecule has 0 heterocycles. The van der Waals surface area contributed by atoms with Crippen LogP contribution in [0.15, 0.2) is 0 Å². The van der Waals surface area contributed by atoms with Crippen LogP contribution in [0.25, 0.3) is 0 Å². The van der Waals surface area contributed by atoms with Crippen molar-refractivity contribution < 1.29 is 14.7 Å². The second kappa shape index (κ2) is 4.31. The minimum atomic E-state index is -0.862. The van der Waals surface area contributed by atoms with Crippen LogP contribution in [0.5, 0.6) is 0 Å². The van der Waals surface area contributed by atoms with Crippen LogP contribution in [-0.2, 0) is 9.59 Å². The summed E-state index contributed by atoms with van der Waals surface area (Å²) in [4.78, 5) is 25.0. The Morgan fingerprint density at radius 3 is 1.94 bits per heavy atom. The lowest BCUT2D eigenvalue weighted by Crippen LogP contribution is -2.40. The van der Waals surface area contributed by atoms with Crippen LogP contribution in [0.4, 0.5) is 0 Å². The Morgan fingerprint density at radius 1 is 1.18 bits per heavy atom. The monoisotopic (exact) mass is 241 g/mol. The van der Waals surface area contributed by atoms with E-state index in [1.807, 2.05) is 20.8 Å². The number of nitrogens with zero attached hydrogens (tertiary/aromatic N) is 1. The number of carbonyl (C=O) groups excluding carboxylic acids is 1. The molecule has 0 aromatic rings. The molecule has 0 saturated heterocycles. The lowest BCUT2D eigenvalue weighted by molar-refractivity contribution is -0.142. The average molecular weight is 241 g/mol. The van der Waals surface area contributed by atoms with Gasteiger partial charge in [0.15, 0.2) is 0 Å². The molecule has 98 valence electrons. The van der Waals surface area contributed by atoms with E-state index in [1.165, 1.54) is 0 Å². The van der Waals surface area contributed by atoms with E-state index < -0.39 is 17.3 Å². The maximum atomic E-state index is 12.2. The molecule has 1 aliphatic rings. The minimum Gasteiger partial charge on any atom is -0.481 e. The highest BCUT2D eigenvalue weighted by Crippen LogP contribution is 2.59. The third-order valence-electron chi connectivity index (χ3n) is 4.28. The number of aliphatic carboxylic acids is 1. The standard InChI is InChI=1S/C13H23NO3/c1-7(2)8(3)14(6)11(15)9-10(12(16)17)13(9,4)5/h7-10H,1-6H3,(H,16,17)/t8?,9-,10+/m1/s1. The number of hydrogen-bond donors (Lipinski definition) is 1. The van der Waals surface area contributed by atoms with Gasteiger partial charge >= 0.3 is 5.97 Å². The SMILES string of the molecule is CC(C)C(C)N(C)C(=O)[C@H]1[C@@H](C(=O)O)C1(C)C. The highest BCUT2D eigenvalue weighted by molar-refractivity contribution is 5.91. The predicted molar refractivity (Wildman–Crippen MR) is 65.5 cm³/mol. The molecule has 0 aromatic carbocycles. The summed E-state index contributed by atoms with van der Waals surface area (Å²) >= 11 is 0. The molecule has 0 bridgehead atoms. The van der Waals surface area contributed by atoms with Gasteiger partial charge in [-0.3, -0.25) is 9.59 Å². The lowest BCUT2D eigenvalue weighted by Gasteiger charge is -2.28. The summed E-state index contributed by atoms with van der Waals surface area (Å²) in [5.41, 5.74) is -0.409. The van der Waals surface area contributed by atoms with E-state index in [-0.39, 0.29) is 17.9 Å². The van der Waals surface area contributed by atoms with Crippen LogP contribution in [0, 0.1) is 23.2 Å². The van der Waals surface area contributed by atoms with E-state index in [0.717, 1.165) is 0 Å². The Hall–Kier alpha value is -1.06. The van der Waals surface area contributed by atoms with Crippen molar-refractivity contribution in [3.63, 3.8) is 0 Å². The summed E-state index contributed by atoms with van der Waals surface area (Å²) in [6.45, 7) is 9.81. The van der Waals surface area contributed by atoms with Gasteiger partial charge in [-0.05, 0) is 18.3 Å². The molecule has 0 spiro atoms. The highest BCUT2D eigenvalue weighted by Gasteiger charge is 2.66. The normalized spacial score (nSPS) is 27.7. The third kappa shape index (κ3) is 2.31. The number of hydrogen-bond acceptors (Lipinski definition) is 2. The Morgan fingerprint density at radius 2 is 1.65 bits per heavy atom. The zero-order chi connectivity index (χ0) is 13.5. The topological polar surface area (TPSA) is 57.6 Å². The zero-order valence-electron chi connectivity index (χ0n) is 11.5. The number of carboxylic acid groups (broad SMARTS) is 1. The Labute approximate surface area is 103 Å². The molecule has 1 saturated carbocycles. The van der Waals surface area contributed by atoms with E-state index in [2.05, 4.69) is 13.8 Å². The first-order valence-corrected chi connectivity index (χ1v) is 6.11. The average Bonchev–Trinajstić information content (AvgIpc) is 2.78. The smallest absolute Gasteiger partial charge is 0.307 e. The Bertz CT molecular complexity index is 336. The largest absolute Gasteiger partial charge is 0.481 e. The summed E-state index contributed by atoms with van der Waals surface area (Å²) in [7, 11) is 1.76. The molecule has 17 heavy (non-hydrogen) atoms. The van der Waals surface area contributed by atoms with E-state index in [0.29, 0.717) is 5.92 Å². The molecule has 1 unspecified atom stereocenters. The number of carboxylic acids is 1. The van der Waals surface area contributed by atoms with Gasteiger partial charge in [0, 0.05) is 13.1 Å². The lowest BCUT2D eigenvalue weighted by atomic mass is 10.0. The fourth-order valence-corrected chi connectivity index (χ4v) is 2.43. The molecular formula is C13H23NO3. The number of amides is 1. The van der Waals surface area contributed by atoms with E-state index in [1.54, 1.807) is 11.9 Å². The van der Waals surface area contributed by atoms with Crippen molar-refractivity contribution in [3.05, 3.63) is 0 Å². The van der Waals surface area contributed by atoms with Crippen LogP contribution >= 0.6 is 0 Å². The van der Waals surface area contributed by atoms with Gasteiger partial charge in [-0.2, -0.15) is 0 Å². The van der Waals surface area contributed by atoms with Crippen molar-refractivity contribution in [2.45, 2.75) is 40.7 Å². The Kier molecular flexibility index (Phi) is 3.55. The molecular weight excluding hydrogens is 218 g/mol. The fourth-order valence-electron chi connectivity index (χ4n) is 2.43. The minimum absolute atomic E-state index is 0.0383. The van der Waals surface area contributed by atoms with Crippen molar-refractivity contribution in [1.29, 1.82) is 0 Å². The maximum Gasteiger partial charge on any atom is 0.307 e. The molecule has 1 amide bonds. The molecule has 4 heteroatoms. The van der Waals surface area contributed by atoms with Gasteiger partial charge in [-0.25, -0.2) is 0 Å². The summed E-state index contributed by atoms with van der Waals surface area (Å²) in [5, 5.41) is 9.07. The first kappa shape index (κ1) is 14.0. The van der Waals surface area contributed by atoms with Crippen molar-refractivity contribution in [3.8, 4) is 0 Å². The molecule has 4 nitrogen and oxygen atoms in total. The number of rotatable bonds is 4. The quantitative estimate of drug-likeness (QED) is 0.817. The van der Waals surface area contributed by atoms with E-state index in [9.17, 15) is 9.59 Å². The van der Waals surface area contributed by atoms with Gasteiger partial charge < -0.3 is 10.0 Å². The third-order valence-corrected chi connectivity index (χ3v) is 4.28. The van der Waals surface area contributed by atoms with E-state index >= 15 is 0 Å². The van der Waals surface area contributed by atoms with Gasteiger partial charge in [0.05, 0.1) is 11.8 Å². The zero-order valence-corrected chi connectivity index (χ0v) is 11.5. The van der Waals surface area contributed by atoms with Crippen molar-refractivity contribution >= 4 is 11.9 Å². The summed E-state index contributed by atoms with van der Waals surface area (Å²) in [6, 6.07) is 0.133. The van der Waals surface area contributed by atoms with Crippen LogP contribution in [-0.4, -0.2) is 35.0 Å². The first-order chi connectivity index (χ1) is 7.62. The second-order valence-electron chi connectivity index (χ2n) is 6.05. The van der Waals surface area contributed by atoms with Gasteiger partial charge in [-0.15, -0.1) is 0 Å². The molecule has 1 fully saturated rings. The number of carbonyl (C=O) groups is 2. The van der Waals surface area contributed by atoms with Gasteiger partial charge in [0.1, 0.15) is 0 Å². The van der Waals surface area contributed by atoms with Crippen LogP contribution < -0.4 is 0 Å². The molecule has 3 atom stereocenters. The first-order valence-electron chi connectivity index (χ1n) is 6.11. The fraction of sp³-hybridized carbons (Fsp3) is 0.846. The van der Waals surface area contributed by atoms with Gasteiger partial charge in [-0.1, -0.05) is 27.7 Å².